The second kappa shape index (κ2) is 5.87. The molecule has 2 aliphatic carbocycles. The lowest BCUT2D eigenvalue weighted by Gasteiger charge is -2.42. The molecule has 0 aliphatic heterocycles. The predicted molar refractivity (Wildman–Crippen MR) is 82.7 cm³/mol. The van der Waals surface area contributed by atoms with E-state index in [-0.39, 0.29) is 0 Å². The molecule has 2 aliphatic rings. The number of halogens is 1. The van der Waals surface area contributed by atoms with Crippen LogP contribution in [0.1, 0.15) is 63.4 Å². The second-order valence-corrected chi connectivity index (χ2v) is 7.11. The van der Waals surface area contributed by atoms with E-state index in [0.29, 0.717) is 0 Å². The van der Waals surface area contributed by atoms with E-state index in [0.717, 1.165) is 28.7 Å². The first kappa shape index (κ1) is 13.5. The Morgan fingerprint density at radius 2 is 1.63 bits per heavy atom. The zero-order valence-corrected chi connectivity index (χ0v) is 12.7. The lowest BCUT2D eigenvalue weighted by molar-refractivity contribution is 0.116. The third-order valence-electron chi connectivity index (χ3n) is 5.64. The van der Waals surface area contributed by atoms with Gasteiger partial charge in [-0.3, -0.25) is 0 Å². The molecule has 0 radical (unpaired) electrons. The van der Waals surface area contributed by atoms with E-state index in [9.17, 15) is 0 Å². The first-order valence-electron chi connectivity index (χ1n) is 8.01. The molecule has 1 unspecified atom stereocenters. The van der Waals surface area contributed by atoms with Gasteiger partial charge in [-0.25, -0.2) is 0 Å². The molecular weight excluding hydrogens is 252 g/mol. The molecule has 1 aromatic rings. The van der Waals surface area contributed by atoms with Crippen LogP contribution in [0, 0.1) is 17.8 Å². The van der Waals surface area contributed by atoms with Crippen LogP contribution in [-0.2, 0) is 0 Å². The van der Waals surface area contributed by atoms with Gasteiger partial charge in [0, 0.05) is 5.02 Å². The summed E-state index contributed by atoms with van der Waals surface area (Å²) in [6, 6.07) is 8.59. The van der Waals surface area contributed by atoms with Crippen molar-refractivity contribution in [2.45, 2.75) is 57.8 Å². The highest BCUT2D eigenvalue weighted by atomic mass is 35.5. The molecule has 0 aromatic heterocycles. The molecule has 0 N–H and O–H groups in total. The summed E-state index contributed by atoms with van der Waals surface area (Å²) in [5.74, 6) is 3.84. The molecular formula is C18H25Cl. The maximum atomic E-state index is 5.99. The maximum Gasteiger partial charge on any atom is 0.0406 e. The Morgan fingerprint density at radius 3 is 2.37 bits per heavy atom. The second-order valence-electron chi connectivity index (χ2n) is 6.67. The van der Waals surface area contributed by atoms with Crippen molar-refractivity contribution in [2.75, 3.05) is 0 Å². The van der Waals surface area contributed by atoms with Gasteiger partial charge in [0.05, 0.1) is 0 Å². The Kier molecular flexibility index (Phi) is 4.17. The highest BCUT2D eigenvalue weighted by Gasteiger charge is 2.35. The van der Waals surface area contributed by atoms with Crippen LogP contribution >= 0.6 is 11.6 Å². The van der Waals surface area contributed by atoms with Crippen LogP contribution in [-0.4, -0.2) is 0 Å². The van der Waals surface area contributed by atoms with Gasteiger partial charge >= 0.3 is 0 Å². The minimum absolute atomic E-state index is 0.789. The SMILES string of the molecule is CCC1CC[C@@H]2C[C@H](c3ccc(Cl)cc3)CC[C@@H]2C1. The summed E-state index contributed by atoms with van der Waals surface area (Å²) in [6.45, 7) is 2.37. The molecule has 2 fully saturated rings. The molecule has 4 atom stereocenters. The molecule has 1 aromatic carbocycles. The van der Waals surface area contributed by atoms with E-state index in [1.807, 2.05) is 0 Å². The van der Waals surface area contributed by atoms with Crippen LogP contribution in [0.25, 0.3) is 0 Å². The van der Waals surface area contributed by atoms with E-state index >= 15 is 0 Å². The third-order valence-corrected chi connectivity index (χ3v) is 5.89. The molecule has 3 rings (SSSR count). The Bertz CT molecular complexity index is 408. The average molecular weight is 277 g/mol. The predicted octanol–water partition coefficient (Wildman–Crippen LogP) is 6.05. The molecule has 19 heavy (non-hydrogen) atoms. The van der Waals surface area contributed by atoms with Gasteiger partial charge in [0.1, 0.15) is 0 Å². The van der Waals surface area contributed by atoms with Gasteiger partial charge in [-0.05, 0) is 73.5 Å². The molecule has 0 heterocycles. The van der Waals surface area contributed by atoms with Gasteiger partial charge in [-0.2, -0.15) is 0 Å². The molecule has 0 bridgehead atoms. The Hall–Kier alpha value is -0.490. The fourth-order valence-electron chi connectivity index (χ4n) is 4.39. The first-order valence-corrected chi connectivity index (χ1v) is 8.39. The standard InChI is InChI=1S/C18H25Cl/c1-2-13-3-4-17-12-16(6-5-15(17)11-13)14-7-9-18(19)10-8-14/h7-10,13,15-17H,2-6,11-12H2,1H3/t13?,15-,16-,17-/m1/s1. The van der Waals surface area contributed by atoms with Crippen molar-refractivity contribution in [2.24, 2.45) is 17.8 Å². The van der Waals surface area contributed by atoms with Gasteiger partial charge in [-0.1, -0.05) is 43.5 Å². The van der Waals surface area contributed by atoms with Crippen molar-refractivity contribution in [3.05, 3.63) is 34.9 Å². The summed E-state index contributed by atoms with van der Waals surface area (Å²) in [4.78, 5) is 0. The fraction of sp³-hybridized carbons (Fsp3) is 0.667. The Balaban J connectivity index is 1.65. The number of fused-ring (bicyclic) bond motifs is 1. The summed E-state index contributed by atoms with van der Waals surface area (Å²) in [7, 11) is 0. The topological polar surface area (TPSA) is 0 Å². The number of hydrogen-bond acceptors (Lipinski definition) is 0. The lowest BCUT2D eigenvalue weighted by Crippen LogP contribution is -2.30. The Labute approximate surface area is 122 Å². The summed E-state index contributed by atoms with van der Waals surface area (Å²) >= 11 is 5.99. The van der Waals surface area contributed by atoms with Crippen LogP contribution in [0.4, 0.5) is 0 Å². The fourth-order valence-corrected chi connectivity index (χ4v) is 4.52. The monoisotopic (exact) mass is 276 g/mol. The maximum absolute atomic E-state index is 5.99. The van der Waals surface area contributed by atoms with Gasteiger partial charge in [0.25, 0.3) is 0 Å². The van der Waals surface area contributed by atoms with Crippen molar-refractivity contribution < 1.29 is 0 Å². The van der Waals surface area contributed by atoms with E-state index in [1.54, 1.807) is 0 Å². The van der Waals surface area contributed by atoms with Gasteiger partial charge in [-0.15, -0.1) is 0 Å². The molecule has 0 amide bonds. The molecule has 0 nitrogen and oxygen atoms in total. The summed E-state index contributed by atoms with van der Waals surface area (Å²) in [5.41, 5.74) is 1.51. The zero-order chi connectivity index (χ0) is 13.2. The molecule has 0 spiro atoms. The van der Waals surface area contributed by atoms with Crippen LogP contribution in [0.5, 0.6) is 0 Å². The van der Waals surface area contributed by atoms with Crippen LogP contribution in [0.2, 0.25) is 5.02 Å². The summed E-state index contributed by atoms with van der Waals surface area (Å²) < 4.78 is 0. The Morgan fingerprint density at radius 1 is 0.947 bits per heavy atom. The van der Waals surface area contributed by atoms with Crippen molar-refractivity contribution in [1.29, 1.82) is 0 Å². The minimum atomic E-state index is 0.789. The molecule has 1 heteroatoms. The van der Waals surface area contributed by atoms with Crippen LogP contribution in [0.15, 0.2) is 24.3 Å². The lowest BCUT2D eigenvalue weighted by atomic mass is 9.63. The van der Waals surface area contributed by atoms with Gasteiger partial charge < -0.3 is 0 Å². The number of hydrogen-bond donors (Lipinski definition) is 0. The van der Waals surface area contributed by atoms with E-state index in [1.165, 1.54) is 50.5 Å². The number of rotatable bonds is 2. The van der Waals surface area contributed by atoms with Crippen LogP contribution in [0.3, 0.4) is 0 Å². The van der Waals surface area contributed by atoms with Crippen molar-refractivity contribution in [3.8, 4) is 0 Å². The summed E-state index contributed by atoms with van der Waals surface area (Å²) in [6.07, 6.45) is 10.1. The van der Waals surface area contributed by atoms with Crippen molar-refractivity contribution >= 4 is 11.6 Å². The van der Waals surface area contributed by atoms with Crippen LogP contribution < -0.4 is 0 Å². The highest BCUT2D eigenvalue weighted by Crippen LogP contribution is 2.48. The van der Waals surface area contributed by atoms with E-state index in [2.05, 4.69) is 31.2 Å². The molecule has 0 saturated heterocycles. The van der Waals surface area contributed by atoms with E-state index in [4.69, 9.17) is 11.6 Å². The molecule has 104 valence electrons. The smallest absolute Gasteiger partial charge is 0.0406 e. The third kappa shape index (κ3) is 2.99. The quantitative estimate of drug-likeness (QED) is 0.617. The normalized spacial score (nSPS) is 34.8. The van der Waals surface area contributed by atoms with Gasteiger partial charge in [0.15, 0.2) is 0 Å². The molecule has 2 saturated carbocycles. The van der Waals surface area contributed by atoms with Gasteiger partial charge in [0.2, 0.25) is 0 Å². The van der Waals surface area contributed by atoms with Crippen molar-refractivity contribution in [1.82, 2.24) is 0 Å². The average Bonchev–Trinajstić information content (AvgIpc) is 2.47. The van der Waals surface area contributed by atoms with Crippen molar-refractivity contribution in [3.63, 3.8) is 0 Å². The largest absolute Gasteiger partial charge is 0.0843 e. The minimum Gasteiger partial charge on any atom is -0.0843 e. The first-order chi connectivity index (χ1) is 9.26. The number of benzene rings is 1. The van der Waals surface area contributed by atoms with E-state index < -0.39 is 0 Å². The highest BCUT2D eigenvalue weighted by molar-refractivity contribution is 6.30. The zero-order valence-electron chi connectivity index (χ0n) is 11.9. The summed E-state index contributed by atoms with van der Waals surface area (Å²) in [5, 5.41) is 0.862.